The molecule has 0 spiro atoms. The monoisotopic (exact) mass is 305 g/mol. The molecule has 0 aromatic heterocycles. The Morgan fingerprint density at radius 3 is 3.00 bits per heavy atom. The molecule has 2 rings (SSSR count). The average Bonchev–Trinajstić information content (AvgIpc) is 3.01. The van der Waals surface area contributed by atoms with Gasteiger partial charge in [-0.05, 0) is 13.3 Å². The third-order valence-corrected chi connectivity index (χ3v) is 5.14. The number of carbonyl (C=O) groups excluding carboxylic acids is 1. The number of hydrogen-bond acceptors (Lipinski definition) is 4. The van der Waals surface area contributed by atoms with Crippen molar-refractivity contribution < 1.29 is 23.0 Å². The number of hydrogen-bond donors (Lipinski definition) is 0. The highest BCUT2D eigenvalue weighted by Gasteiger charge is 2.42. The van der Waals surface area contributed by atoms with Gasteiger partial charge in [-0.25, -0.2) is 4.39 Å². The fourth-order valence-corrected chi connectivity index (χ4v) is 4.06. The van der Waals surface area contributed by atoms with Crippen LogP contribution in [0, 0.1) is 0 Å². The van der Waals surface area contributed by atoms with E-state index in [-0.39, 0.29) is 24.4 Å². The molecule has 0 N–H and O–H groups in total. The quantitative estimate of drug-likeness (QED) is 0.578. The second kappa shape index (κ2) is 6.94. The first kappa shape index (κ1) is 15.8. The van der Waals surface area contributed by atoms with Crippen LogP contribution in [0.3, 0.4) is 0 Å². The van der Waals surface area contributed by atoms with Gasteiger partial charge in [0.2, 0.25) is 0 Å². The van der Waals surface area contributed by atoms with E-state index in [0.29, 0.717) is 6.54 Å². The summed E-state index contributed by atoms with van der Waals surface area (Å²) in [4.78, 5) is 11.6. The van der Waals surface area contributed by atoms with E-state index in [1.54, 1.807) is 6.08 Å². The number of alkyl halides is 1. The minimum Gasteiger partial charge on any atom is -0.372 e. The minimum absolute atomic E-state index is 0.00112. The van der Waals surface area contributed by atoms with Crippen molar-refractivity contribution in [1.29, 1.82) is 0 Å². The Labute approximate surface area is 120 Å². The molecule has 2 heterocycles. The number of rotatable bonds is 5. The number of nitrogens with zero attached hydrogens (tertiary/aromatic N) is 1. The first-order valence-corrected chi connectivity index (χ1v) is 8.00. The van der Waals surface area contributed by atoms with E-state index < -0.39 is 21.1 Å². The molecule has 5 nitrogen and oxygen atoms in total. The van der Waals surface area contributed by atoms with Gasteiger partial charge in [0.25, 0.3) is 14.4 Å². The van der Waals surface area contributed by atoms with Crippen LogP contribution in [0.2, 0.25) is 0 Å². The van der Waals surface area contributed by atoms with Gasteiger partial charge >= 0.3 is 0 Å². The summed E-state index contributed by atoms with van der Waals surface area (Å²) in [6, 6.07) is 0. The first-order valence-electron chi connectivity index (χ1n) is 6.87. The van der Waals surface area contributed by atoms with Gasteiger partial charge in [0.15, 0.2) is 6.67 Å². The predicted molar refractivity (Wildman–Crippen MR) is 73.8 cm³/mol. The highest BCUT2D eigenvalue weighted by atomic mass is 31.2. The maximum Gasteiger partial charge on any atom is 0.293 e. The Morgan fingerprint density at radius 2 is 2.40 bits per heavy atom. The lowest BCUT2D eigenvalue weighted by atomic mass is 10.1. The Bertz CT molecular complexity index is 370. The molecule has 2 aliphatic heterocycles. The van der Waals surface area contributed by atoms with Crippen molar-refractivity contribution >= 4 is 14.4 Å². The molecule has 2 saturated heterocycles. The second-order valence-corrected chi connectivity index (χ2v) is 6.38. The first-order chi connectivity index (χ1) is 9.58. The molecule has 0 radical (unpaired) electrons. The van der Waals surface area contributed by atoms with Crippen LogP contribution in [-0.4, -0.2) is 48.2 Å². The van der Waals surface area contributed by atoms with Crippen molar-refractivity contribution in [2.45, 2.75) is 51.1 Å². The molecule has 7 heteroatoms. The molecule has 2 aliphatic rings. The average molecular weight is 305 g/mol. The maximum absolute atomic E-state index is 12.6. The molecule has 0 bridgehead atoms. The minimum atomic E-state index is -1.57. The van der Waals surface area contributed by atoms with Gasteiger partial charge in [0, 0.05) is 6.42 Å². The lowest BCUT2D eigenvalue weighted by Crippen LogP contribution is -2.29. The Kier molecular flexibility index (Phi) is 5.49. The van der Waals surface area contributed by atoms with Crippen molar-refractivity contribution in [2.24, 2.45) is 0 Å². The predicted octanol–water partition coefficient (Wildman–Crippen LogP) is 2.57. The molecule has 0 aliphatic carbocycles. The van der Waals surface area contributed by atoms with Crippen LogP contribution in [0.5, 0.6) is 0 Å². The van der Waals surface area contributed by atoms with Gasteiger partial charge in [0.1, 0.15) is 6.10 Å². The van der Waals surface area contributed by atoms with E-state index in [4.69, 9.17) is 13.8 Å². The molecule has 5 atom stereocenters. The zero-order valence-electron chi connectivity index (χ0n) is 11.8. The van der Waals surface area contributed by atoms with Gasteiger partial charge in [0.05, 0.1) is 24.9 Å². The van der Waals surface area contributed by atoms with Crippen LogP contribution in [0.1, 0.15) is 26.7 Å². The van der Waals surface area contributed by atoms with Crippen LogP contribution in [0.25, 0.3) is 0 Å². The van der Waals surface area contributed by atoms with E-state index in [1.165, 1.54) is 4.67 Å². The molecular weight excluding hydrogens is 284 g/mol. The summed E-state index contributed by atoms with van der Waals surface area (Å²) < 4.78 is 31.3. The zero-order chi connectivity index (χ0) is 14.7. The molecule has 114 valence electrons. The van der Waals surface area contributed by atoms with Gasteiger partial charge in [-0.1, -0.05) is 13.0 Å². The highest BCUT2D eigenvalue weighted by Crippen LogP contribution is 2.52. The Morgan fingerprint density at radius 1 is 1.65 bits per heavy atom. The van der Waals surface area contributed by atoms with Gasteiger partial charge in [-0.15, -0.1) is 6.58 Å². The topological polar surface area (TPSA) is 48.0 Å². The van der Waals surface area contributed by atoms with Crippen molar-refractivity contribution in [3.8, 4) is 0 Å². The molecule has 2 fully saturated rings. The molecular formula is C13H21FNO4P. The summed E-state index contributed by atoms with van der Waals surface area (Å²) in [5, 5.41) is 0. The fourth-order valence-electron chi connectivity index (χ4n) is 2.41. The van der Waals surface area contributed by atoms with Crippen molar-refractivity contribution in [3.63, 3.8) is 0 Å². The summed E-state index contributed by atoms with van der Waals surface area (Å²) in [5.41, 5.74) is 0. The highest BCUT2D eigenvalue weighted by molar-refractivity contribution is 7.45. The SMILES string of the molecule is C=CC1CN(C(=O)CF)P(OC2CC(C)OC2CC)O1. The van der Waals surface area contributed by atoms with E-state index in [0.717, 1.165) is 12.8 Å². The molecule has 1 amide bonds. The molecule has 0 aromatic carbocycles. The van der Waals surface area contributed by atoms with Gasteiger partial charge in [-0.3, -0.25) is 9.46 Å². The van der Waals surface area contributed by atoms with E-state index in [9.17, 15) is 9.18 Å². The van der Waals surface area contributed by atoms with Crippen LogP contribution in [-0.2, 0) is 18.6 Å². The summed E-state index contributed by atoms with van der Waals surface area (Å²) in [6.45, 7) is 6.93. The lowest BCUT2D eigenvalue weighted by Gasteiger charge is -2.25. The van der Waals surface area contributed by atoms with Crippen LogP contribution in [0.15, 0.2) is 12.7 Å². The normalized spacial score (nSPS) is 37.4. The summed E-state index contributed by atoms with van der Waals surface area (Å²) >= 11 is 0. The third-order valence-electron chi connectivity index (χ3n) is 3.45. The van der Waals surface area contributed by atoms with Crippen molar-refractivity contribution in [2.75, 3.05) is 13.2 Å². The largest absolute Gasteiger partial charge is 0.372 e. The summed E-state index contributed by atoms with van der Waals surface area (Å²) in [6.07, 6.45) is 2.92. The van der Waals surface area contributed by atoms with Crippen molar-refractivity contribution in [3.05, 3.63) is 12.7 Å². The molecule has 0 saturated carbocycles. The summed E-state index contributed by atoms with van der Waals surface area (Å²) in [5.74, 6) is -0.597. The smallest absolute Gasteiger partial charge is 0.293 e. The lowest BCUT2D eigenvalue weighted by molar-refractivity contribution is -0.127. The Hall–Kier alpha value is -0.550. The standard InChI is InChI=1S/C13H21FNO4P/c1-4-10-8-15(13(16)7-14)20(18-10)19-12-6-9(3)17-11(12)5-2/h4,9-12H,1,5-8H2,2-3H3. The van der Waals surface area contributed by atoms with Gasteiger partial charge in [-0.2, -0.15) is 0 Å². The van der Waals surface area contributed by atoms with Gasteiger partial charge < -0.3 is 13.8 Å². The van der Waals surface area contributed by atoms with E-state index >= 15 is 0 Å². The fraction of sp³-hybridized carbons (Fsp3) is 0.769. The molecule has 20 heavy (non-hydrogen) atoms. The molecule has 0 aromatic rings. The zero-order valence-corrected chi connectivity index (χ0v) is 12.7. The second-order valence-electron chi connectivity index (χ2n) is 5.00. The van der Waals surface area contributed by atoms with E-state index in [1.807, 2.05) is 13.8 Å². The maximum atomic E-state index is 12.6. The van der Waals surface area contributed by atoms with Crippen molar-refractivity contribution in [1.82, 2.24) is 4.67 Å². The number of ether oxygens (including phenoxy) is 1. The third kappa shape index (κ3) is 3.37. The van der Waals surface area contributed by atoms with Crippen LogP contribution < -0.4 is 0 Å². The summed E-state index contributed by atoms with van der Waals surface area (Å²) in [7, 11) is -1.57. The van der Waals surface area contributed by atoms with Crippen LogP contribution >= 0.6 is 8.53 Å². The van der Waals surface area contributed by atoms with E-state index in [2.05, 4.69) is 6.58 Å². The Balaban J connectivity index is 2.02. The number of carbonyl (C=O) groups is 1. The molecule has 5 unspecified atom stereocenters. The van der Waals surface area contributed by atoms with Crippen LogP contribution in [0.4, 0.5) is 4.39 Å². The number of halogens is 1. The number of amides is 1.